The summed E-state index contributed by atoms with van der Waals surface area (Å²) in [5.41, 5.74) is 0.824. The maximum absolute atomic E-state index is 13.5. The largest absolute Gasteiger partial charge is 0.508 e. The van der Waals surface area contributed by atoms with Crippen LogP contribution in [0.5, 0.6) is 5.75 Å². The fourth-order valence-corrected chi connectivity index (χ4v) is 6.55. The number of phenols is 1. The SMILES string of the molecule is O=C1[C@H]2[C@H](c3ccc(O)cc3)c3sc(=O)[nH]c3S[C@H]2C(=O)N1c1ccc([N+](=O)[O-])cc1. The van der Waals surface area contributed by atoms with E-state index in [2.05, 4.69) is 4.98 Å². The lowest BCUT2D eigenvalue weighted by atomic mass is 9.83. The lowest BCUT2D eigenvalue weighted by Crippen LogP contribution is -2.32. The molecule has 0 unspecified atom stereocenters. The third-order valence-corrected chi connectivity index (χ3v) is 7.80. The number of benzene rings is 2. The number of non-ortho nitro benzene ring substituents is 1. The molecule has 3 atom stereocenters. The van der Waals surface area contributed by atoms with Crippen LogP contribution in [0.3, 0.4) is 0 Å². The number of nitrogens with zero attached hydrogens (tertiary/aromatic N) is 2. The summed E-state index contributed by atoms with van der Waals surface area (Å²) in [4.78, 5) is 53.3. The van der Waals surface area contributed by atoms with Crippen LogP contribution < -0.4 is 9.77 Å². The van der Waals surface area contributed by atoms with Gasteiger partial charge >= 0.3 is 4.87 Å². The summed E-state index contributed by atoms with van der Waals surface area (Å²) in [6.45, 7) is 0. The summed E-state index contributed by atoms with van der Waals surface area (Å²) in [6, 6.07) is 11.6. The minimum Gasteiger partial charge on any atom is -0.508 e. The van der Waals surface area contributed by atoms with E-state index in [-0.39, 0.29) is 22.0 Å². The molecule has 2 amide bonds. The van der Waals surface area contributed by atoms with Crippen LogP contribution in [-0.2, 0) is 9.59 Å². The van der Waals surface area contributed by atoms with Crippen molar-refractivity contribution in [2.24, 2.45) is 5.92 Å². The summed E-state index contributed by atoms with van der Waals surface area (Å²) in [7, 11) is 0. The first-order valence-electron chi connectivity index (χ1n) is 9.16. The molecule has 0 bridgehead atoms. The molecule has 3 aromatic rings. The van der Waals surface area contributed by atoms with Crippen LogP contribution in [0.1, 0.15) is 16.4 Å². The fraction of sp³-hybridized carbons (Fsp3) is 0.150. The highest BCUT2D eigenvalue weighted by Crippen LogP contribution is 2.53. The van der Waals surface area contributed by atoms with Gasteiger partial charge in [0.15, 0.2) is 0 Å². The first kappa shape index (κ1) is 19.5. The highest BCUT2D eigenvalue weighted by Gasteiger charge is 2.56. The van der Waals surface area contributed by atoms with Crippen LogP contribution in [0, 0.1) is 16.0 Å². The number of hydrogen-bond donors (Lipinski definition) is 2. The predicted octanol–water partition coefficient (Wildman–Crippen LogP) is 2.85. The molecule has 0 radical (unpaired) electrons. The number of nitrogens with one attached hydrogen (secondary N) is 1. The zero-order chi connectivity index (χ0) is 21.9. The zero-order valence-electron chi connectivity index (χ0n) is 15.6. The predicted molar refractivity (Wildman–Crippen MR) is 114 cm³/mol. The van der Waals surface area contributed by atoms with Gasteiger partial charge in [-0.3, -0.25) is 24.5 Å². The van der Waals surface area contributed by atoms with E-state index in [1.165, 1.54) is 36.4 Å². The lowest BCUT2D eigenvalue weighted by Gasteiger charge is -2.29. The number of aromatic hydroxyl groups is 1. The second-order valence-electron chi connectivity index (χ2n) is 7.13. The molecule has 1 saturated heterocycles. The second-order valence-corrected chi connectivity index (χ2v) is 9.29. The zero-order valence-corrected chi connectivity index (χ0v) is 17.2. The van der Waals surface area contributed by atoms with Crippen LogP contribution in [0.25, 0.3) is 0 Å². The normalized spacial score (nSPS) is 22.3. The molecule has 2 aliphatic heterocycles. The maximum Gasteiger partial charge on any atom is 0.305 e. The number of phenolic OH excluding ortho intramolecular Hbond substituents is 1. The molecule has 0 spiro atoms. The molecular weight excluding hydrogens is 442 g/mol. The van der Waals surface area contributed by atoms with Crippen molar-refractivity contribution in [1.29, 1.82) is 0 Å². The van der Waals surface area contributed by atoms with E-state index in [1.807, 2.05) is 0 Å². The molecule has 2 aliphatic rings. The summed E-state index contributed by atoms with van der Waals surface area (Å²) < 4.78 is 0. The molecule has 1 aromatic heterocycles. The molecule has 9 nitrogen and oxygen atoms in total. The minimum atomic E-state index is -0.754. The molecule has 156 valence electrons. The van der Waals surface area contributed by atoms with Crippen molar-refractivity contribution < 1.29 is 19.6 Å². The smallest absolute Gasteiger partial charge is 0.305 e. The quantitative estimate of drug-likeness (QED) is 0.352. The van der Waals surface area contributed by atoms with Crippen molar-refractivity contribution in [3.8, 4) is 5.75 Å². The Morgan fingerprint density at radius 3 is 2.32 bits per heavy atom. The number of carbonyl (C=O) groups excluding carboxylic acids is 2. The van der Waals surface area contributed by atoms with Crippen molar-refractivity contribution in [2.45, 2.75) is 16.2 Å². The Balaban J connectivity index is 1.60. The number of rotatable bonds is 3. The average Bonchev–Trinajstić information content (AvgIpc) is 3.23. The number of H-pyrrole nitrogens is 1. The van der Waals surface area contributed by atoms with Crippen molar-refractivity contribution in [3.05, 3.63) is 78.8 Å². The van der Waals surface area contributed by atoms with Gasteiger partial charge in [-0.05, 0) is 29.8 Å². The molecule has 2 N–H and O–H groups in total. The number of thiazole rings is 1. The Hall–Kier alpha value is -3.44. The van der Waals surface area contributed by atoms with Gasteiger partial charge in [0.1, 0.15) is 11.0 Å². The van der Waals surface area contributed by atoms with Gasteiger partial charge in [0, 0.05) is 22.9 Å². The van der Waals surface area contributed by atoms with E-state index in [4.69, 9.17) is 0 Å². The Morgan fingerprint density at radius 1 is 1.00 bits per heavy atom. The van der Waals surface area contributed by atoms with Gasteiger partial charge in [0.25, 0.3) is 5.69 Å². The summed E-state index contributed by atoms with van der Waals surface area (Å²) >= 11 is 2.15. The average molecular weight is 455 g/mol. The van der Waals surface area contributed by atoms with E-state index in [0.717, 1.165) is 28.0 Å². The first-order chi connectivity index (χ1) is 14.8. The van der Waals surface area contributed by atoms with E-state index < -0.39 is 33.8 Å². The van der Waals surface area contributed by atoms with E-state index >= 15 is 0 Å². The number of hydrogen-bond acceptors (Lipinski definition) is 8. The highest BCUT2D eigenvalue weighted by atomic mass is 32.2. The van der Waals surface area contributed by atoms with Crippen LogP contribution in [-0.4, -0.2) is 32.1 Å². The van der Waals surface area contributed by atoms with E-state index in [9.17, 15) is 29.6 Å². The van der Waals surface area contributed by atoms with Crippen LogP contribution in [0.15, 0.2) is 58.4 Å². The number of nitro groups is 1. The van der Waals surface area contributed by atoms with Gasteiger partial charge in [0.05, 0.1) is 21.6 Å². The number of aromatic nitrogens is 1. The standard InChI is InChI=1S/C20H13N3O6S2/c24-12-7-1-9(2-8-12)13-14-16(30-17-15(13)31-20(27)21-17)19(26)22(18(14)25)10-3-5-11(6-4-10)23(28)29/h1-8,13-14,16,24H,(H,21,27)/t13-,14-,16+/m0/s1. The molecule has 2 aromatic carbocycles. The van der Waals surface area contributed by atoms with Crippen molar-refractivity contribution >= 4 is 46.3 Å². The molecule has 0 saturated carbocycles. The summed E-state index contributed by atoms with van der Waals surface area (Å²) in [5, 5.41) is 20.4. The number of nitro benzene ring substituents is 1. The van der Waals surface area contributed by atoms with Crippen molar-refractivity contribution in [2.75, 3.05) is 4.90 Å². The van der Waals surface area contributed by atoms with Crippen molar-refractivity contribution in [1.82, 2.24) is 4.98 Å². The topological polar surface area (TPSA) is 134 Å². The maximum atomic E-state index is 13.5. The lowest BCUT2D eigenvalue weighted by molar-refractivity contribution is -0.384. The van der Waals surface area contributed by atoms with Gasteiger partial charge in [-0.15, -0.1) is 0 Å². The molecule has 3 heterocycles. The molecular formula is C20H13N3O6S2. The van der Waals surface area contributed by atoms with Gasteiger partial charge in [-0.25, -0.2) is 4.90 Å². The molecule has 0 aliphatic carbocycles. The number of imide groups is 1. The third-order valence-electron chi connectivity index (χ3n) is 5.39. The highest BCUT2D eigenvalue weighted by molar-refractivity contribution is 8.00. The number of thioether (sulfide) groups is 1. The molecule has 31 heavy (non-hydrogen) atoms. The monoisotopic (exact) mass is 455 g/mol. The third kappa shape index (κ3) is 3.04. The summed E-state index contributed by atoms with van der Waals surface area (Å²) in [6.07, 6.45) is 0. The van der Waals surface area contributed by atoms with Gasteiger partial charge in [-0.1, -0.05) is 35.2 Å². The number of amides is 2. The summed E-state index contributed by atoms with van der Waals surface area (Å²) in [5.74, 6) is -2.09. The van der Waals surface area contributed by atoms with Crippen LogP contribution in [0.4, 0.5) is 11.4 Å². The Morgan fingerprint density at radius 2 is 1.68 bits per heavy atom. The van der Waals surface area contributed by atoms with E-state index in [0.29, 0.717) is 15.5 Å². The Labute approximate surface area is 182 Å². The number of aromatic amines is 1. The Kier molecular flexibility index (Phi) is 4.45. The number of carbonyl (C=O) groups is 2. The minimum absolute atomic E-state index is 0.0642. The van der Waals surface area contributed by atoms with Gasteiger partial charge < -0.3 is 10.1 Å². The fourth-order valence-electron chi connectivity index (χ4n) is 4.04. The number of anilines is 1. The van der Waals surface area contributed by atoms with E-state index in [1.54, 1.807) is 12.1 Å². The van der Waals surface area contributed by atoms with Crippen LogP contribution in [0.2, 0.25) is 0 Å². The van der Waals surface area contributed by atoms with Crippen LogP contribution >= 0.6 is 23.1 Å². The first-order valence-corrected chi connectivity index (χ1v) is 10.9. The molecule has 1 fully saturated rings. The number of fused-ring (bicyclic) bond motifs is 2. The van der Waals surface area contributed by atoms with Gasteiger partial charge in [0.2, 0.25) is 11.8 Å². The molecule has 5 rings (SSSR count). The van der Waals surface area contributed by atoms with Gasteiger partial charge in [-0.2, -0.15) is 0 Å². The Bertz CT molecular complexity index is 1280. The van der Waals surface area contributed by atoms with Crippen molar-refractivity contribution in [3.63, 3.8) is 0 Å². The molecule has 11 heteroatoms. The second kappa shape index (κ2) is 7.06.